The van der Waals surface area contributed by atoms with Crippen molar-refractivity contribution in [2.45, 2.75) is 46.1 Å². The minimum Gasteiger partial charge on any atom is -0.368 e. The summed E-state index contributed by atoms with van der Waals surface area (Å²) in [5, 5.41) is 8.72. The molecule has 0 aliphatic carbocycles. The fraction of sp³-hybridized carbons (Fsp3) is 0.571. The molecule has 17 heavy (non-hydrogen) atoms. The Hall–Kier alpha value is -1.56. The van der Waals surface area contributed by atoms with Crippen molar-refractivity contribution in [3.05, 3.63) is 24.0 Å². The maximum atomic E-state index is 8.72. The van der Waals surface area contributed by atoms with Gasteiger partial charge in [0.05, 0.1) is 11.9 Å². The maximum Gasteiger partial charge on any atom is 0.140 e. The summed E-state index contributed by atoms with van der Waals surface area (Å²) in [6.07, 6.45) is 5.49. The standard InChI is InChI=1S/C14H21N3/c1-4-5-6-9-17(12(2)3)14-8-7-13(10-15)16-11-14/h7-8,11-12H,4-6,9H2,1-3H3. The number of nitrogens with zero attached hydrogens (tertiary/aromatic N) is 3. The molecule has 1 aromatic rings. The van der Waals surface area contributed by atoms with Crippen LogP contribution in [0.3, 0.4) is 0 Å². The largest absolute Gasteiger partial charge is 0.368 e. The Morgan fingerprint density at radius 1 is 1.35 bits per heavy atom. The highest BCUT2D eigenvalue weighted by Crippen LogP contribution is 2.17. The highest BCUT2D eigenvalue weighted by molar-refractivity contribution is 5.46. The summed E-state index contributed by atoms with van der Waals surface area (Å²) in [5.74, 6) is 0. The van der Waals surface area contributed by atoms with Crippen molar-refractivity contribution in [3.63, 3.8) is 0 Å². The topological polar surface area (TPSA) is 39.9 Å². The molecule has 0 saturated heterocycles. The Bertz CT molecular complexity index is 362. The zero-order valence-corrected chi connectivity index (χ0v) is 11.0. The monoisotopic (exact) mass is 231 g/mol. The van der Waals surface area contributed by atoms with Gasteiger partial charge in [-0.05, 0) is 32.4 Å². The lowest BCUT2D eigenvalue weighted by Crippen LogP contribution is -2.31. The van der Waals surface area contributed by atoms with Crippen LogP contribution >= 0.6 is 0 Å². The van der Waals surface area contributed by atoms with Gasteiger partial charge in [-0.15, -0.1) is 0 Å². The molecule has 1 rings (SSSR count). The second-order valence-electron chi connectivity index (χ2n) is 4.51. The highest BCUT2D eigenvalue weighted by atomic mass is 15.2. The molecule has 0 bridgehead atoms. The summed E-state index contributed by atoms with van der Waals surface area (Å²) in [6, 6.07) is 6.27. The first-order valence-corrected chi connectivity index (χ1v) is 6.31. The number of nitriles is 1. The maximum absolute atomic E-state index is 8.72. The van der Waals surface area contributed by atoms with E-state index >= 15 is 0 Å². The van der Waals surface area contributed by atoms with Crippen molar-refractivity contribution in [2.75, 3.05) is 11.4 Å². The Morgan fingerprint density at radius 2 is 2.12 bits per heavy atom. The zero-order chi connectivity index (χ0) is 12.7. The number of hydrogen-bond acceptors (Lipinski definition) is 3. The van der Waals surface area contributed by atoms with Gasteiger partial charge in [0.2, 0.25) is 0 Å². The van der Waals surface area contributed by atoms with Crippen LogP contribution in [0.4, 0.5) is 5.69 Å². The molecule has 0 saturated carbocycles. The van der Waals surface area contributed by atoms with Gasteiger partial charge in [-0.25, -0.2) is 4.98 Å². The fourth-order valence-electron chi connectivity index (χ4n) is 1.84. The van der Waals surface area contributed by atoms with Crippen molar-refractivity contribution < 1.29 is 0 Å². The van der Waals surface area contributed by atoms with E-state index in [1.165, 1.54) is 19.3 Å². The summed E-state index contributed by atoms with van der Waals surface area (Å²) in [6.45, 7) is 7.64. The summed E-state index contributed by atoms with van der Waals surface area (Å²) >= 11 is 0. The molecule has 3 heteroatoms. The lowest BCUT2D eigenvalue weighted by atomic mass is 10.2. The van der Waals surface area contributed by atoms with Crippen LogP contribution in [0.15, 0.2) is 18.3 Å². The zero-order valence-electron chi connectivity index (χ0n) is 11.0. The third-order valence-electron chi connectivity index (χ3n) is 2.82. The number of aromatic nitrogens is 1. The first-order chi connectivity index (χ1) is 8.19. The molecule has 0 aromatic carbocycles. The predicted octanol–water partition coefficient (Wildman–Crippen LogP) is 3.36. The van der Waals surface area contributed by atoms with Crippen LogP contribution in [-0.2, 0) is 0 Å². The van der Waals surface area contributed by atoms with Gasteiger partial charge in [0.25, 0.3) is 0 Å². The molecule has 0 spiro atoms. The molecule has 1 aromatic heterocycles. The second kappa shape index (κ2) is 6.90. The molecule has 0 radical (unpaired) electrons. The van der Waals surface area contributed by atoms with Crippen LogP contribution in [0.25, 0.3) is 0 Å². The van der Waals surface area contributed by atoms with Gasteiger partial charge >= 0.3 is 0 Å². The van der Waals surface area contributed by atoms with Crippen LogP contribution in [0, 0.1) is 11.3 Å². The van der Waals surface area contributed by atoms with Crippen molar-refractivity contribution in [2.24, 2.45) is 0 Å². The first kappa shape index (κ1) is 13.5. The minimum absolute atomic E-state index is 0.460. The van der Waals surface area contributed by atoms with Gasteiger partial charge in [-0.1, -0.05) is 19.8 Å². The normalized spacial score (nSPS) is 10.3. The smallest absolute Gasteiger partial charge is 0.140 e. The quantitative estimate of drug-likeness (QED) is 0.705. The van der Waals surface area contributed by atoms with Crippen molar-refractivity contribution >= 4 is 5.69 Å². The molecule has 92 valence electrons. The van der Waals surface area contributed by atoms with Gasteiger partial charge < -0.3 is 4.90 Å². The molecule has 3 nitrogen and oxygen atoms in total. The van der Waals surface area contributed by atoms with E-state index in [2.05, 4.69) is 30.7 Å². The first-order valence-electron chi connectivity index (χ1n) is 6.31. The van der Waals surface area contributed by atoms with E-state index in [-0.39, 0.29) is 0 Å². The lowest BCUT2D eigenvalue weighted by Gasteiger charge is -2.28. The van der Waals surface area contributed by atoms with E-state index < -0.39 is 0 Å². The van der Waals surface area contributed by atoms with E-state index in [1.54, 1.807) is 12.3 Å². The van der Waals surface area contributed by atoms with Crippen molar-refractivity contribution in [1.29, 1.82) is 5.26 Å². The van der Waals surface area contributed by atoms with Gasteiger partial charge in [0, 0.05) is 12.6 Å². The van der Waals surface area contributed by atoms with E-state index in [0.29, 0.717) is 11.7 Å². The molecule has 0 N–H and O–H groups in total. The number of rotatable bonds is 6. The molecule has 0 aliphatic heterocycles. The third kappa shape index (κ3) is 4.07. The minimum atomic E-state index is 0.460. The Labute approximate surface area is 104 Å². The van der Waals surface area contributed by atoms with Crippen LogP contribution in [0.5, 0.6) is 0 Å². The average molecular weight is 231 g/mol. The van der Waals surface area contributed by atoms with E-state index in [9.17, 15) is 0 Å². The summed E-state index contributed by atoms with van der Waals surface area (Å²) in [5.41, 5.74) is 1.58. The number of anilines is 1. The molecule has 0 amide bonds. The van der Waals surface area contributed by atoms with Gasteiger partial charge in [0.1, 0.15) is 11.8 Å². The van der Waals surface area contributed by atoms with Crippen LogP contribution in [-0.4, -0.2) is 17.6 Å². The summed E-state index contributed by atoms with van der Waals surface area (Å²) in [7, 11) is 0. The van der Waals surface area contributed by atoms with E-state index in [1.807, 2.05) is 12.1 Å². The fourth-order valence-corrected chi connectivity index (χ4v) is 1.84. The summed E-state index contributed by atoms with van der Waals surface area (Å²) in [4.78, 5) is 6.46. The summed E-state index contributed by atoms with van der Waals surface area (Å²) < 4.78 is 0. The SMILES string of the molecule is CCCCCN(c1ccc(C#N)nc1)C(C)C. The van der Waals surface area contributed by atoms with Crippen molar-refractivity contribution in [3.8, 4) is 6.07 Å². The second-order valence-corrected chi connectivity index (χ2v) is 4.51. The van der Waals surface area contributed by atoms with Crippen molar-refractivity contribution in [1.82, 2.24) is 4.98 Å². The molecule has 0 atom stereocenters. The molecule has 0 unspecified atom stereocenters. The van der Waals surface area contributed by atoms with Crippen LogP contribution in [0.2, 0.25) is 0 Å². The average Bonchev–Trinajstić information content (AvgIpc) is 2.34. The number of pyridine rings is 1. The van der Waals surface area contributed by atoms with E-state index in [4.69, 9.17) is 5.26 Å². The number of unbranched alkanes of at least 4 members (excludes halogenated alkanes) is 2. The molecule has 0 fully saturated rings. The Kier molecular flexibility index (Phi) is 5.48. The van der Waals surface area contributed by atoms with Crippen LogP contribution < -0.4 is 4.90 Å². The van der Waals surface area contributed by atoms with Gasteiger partial charge in [-0.3, -0.25) is 0 Å². The Balaban J connectivity index is 2.72. The molecular weight excluding hydrogens is 210 g/mol. The molecule has 1 heterocycles. The van der Waals surface area contributed by atoms with Crippen LogP contribution in [0.1, 0.15) is 45.7 Å². The lowest BCUT2D eigenvalue weighted by molar-refractivity contribution is 0.625. The van der Waals surface area contributed by atoms with E-state index in [0.717, 1.165) is 12.2 Å². The predicted molar refractivity (Wildman–Crippen MR) is 71.0 cm³/mol. The highest BCUT2D eigenvalue weighted by Gasteiger charge is 2.10. The Morgan fingerprint density at radius 3 is 2.59 bits per heavy atom. The van der Waals surface area contributed by atoms with Gasteiger partial charge in [0.15, 0.2) is 0 Å². The number of hydrogen-bond donors (Lipinski definition) is 0. The van der Waals surface area contributed by atoms with Gasteiger partial charge in [-0.2, -0.15) is 5.26 Å². The molecule has 0 aliphatic rings. The third-order valence-corrected chi connectivity index (χ3v) is 2.82. The molecular formula is C14H21N3.